The van der Waals surface area contributed by atoms with Crippen molar-refractivity contribution < 1.29 is 4.79 Å². The third-order valence-corrected chi connectivity index (χ3v) is 5.61. The molecule has 114 valence electrons. The highest BCUT2D eigenvalue weighted by Crippen LogP contribution is 2.69. The second-order valence-electron chi connectivity index (χ2n) is 6.73. The number of benzene rings is 1. The monoisotopic (exact) mass is 306 g/mol. The van der Waals surface area contributed by atoms with Crippen molar-refractivity contribution in [3.63, 3.8) is 0 Å². The van der Waals surface area contributed by atoms with Gasteiger partial charge in [0, 0.05) is 18.2 Å². The molecule has 0 spiro atoms. The third-order valence-electron chi connectivity index (χ3n) is 5.61. The van der Waals surface area contributed by atoms with Crippen molar-refractivity contribution >= 4 is 24.0 Å². The lowest BCUT2D eigenvalue weighted by atomic mass is 10.0. The number of halogens is 1. The quantitative estimate of drug-likeness (QED) is 0.897. The summed E-state index contributed by atoms with van der Waals surface area (Å²) in [4.78, 5) is 12.4. The highest BCUT2D eigenvalue weighted by Gasteiger charge is 2.67. The number of carbonyl (C=O) groups is 1. The van der Waals surface area contributed by atoms with Gasteiger partial charge in [0.05, 0.1) is 0 Å². The fraction of sp³-hybridized carbons (Fsp3) is 0.588. The predicted molar refractivity (Wildman–Crippen MR) is 86.4 cm³/mol. The van der Waals surface area contributed by atoms with E-state index in [1.807, 2.05) is 19.2 Å². The molecule has 0 saturated heterocycles. The van der Waals surface area contributed by atoms with Crippen LogP contribution in [0.3, 0.4) is 0 Å². The smallest absolute Gasteiger partial charge is 0.228 e. The molecule has 21 heavy (non-hydrogen) atoms. The first-order valence-electron chi connectivity index (χ1n) is 7.82. The minimum atomic E-state index is 0. The molecule has 0 heterocycles. The van der Waals surface area contributed by atoms with Gasteiger partial charge in [-0.05, 0) is 67.7 Å². The molecule has 4 rings (SSSR count). The Hall–Kier alpha value is -1.06. The van der Waals surface area contributed by atoms with Crippen LogP contribution in [0.15, 0.2) is 24.3 Å². The average Bonchev–Trinajstić information content (AvgIpc) is 2.89. The first-order valence-corrected chi connectivity index (χ1v) is 7.82. The van der Waals surface area contributed by atoms with E-state index < -0.39 is 0 Å². The summed E-state index contributed by atoms with van der Waals surface area (Å²) >= 11 is 0. The second kappa shape index (κ2) is 5.62. The number of fused-ring (bicyclic) bond motifs is 5. The van der Waals surface area contributed by atoms with Gasteiger partial charge in [0.25, 0.3) is 0 Å². The zero-order valence-electron chi connectivity index (χ0n) is 12.3. The summed E-state index contributed by atoms with van der Waals surface area (Å²) in [5, 5.41) is 6.27. The number of rotatable bonds is 4. The van der Waals surface area contributed by atoms with Gasteiger partial charge in [-0.2, -0.15) is 0 Å². The molecular formula is C17H23ClN2O. The molecule has 1 aromatic carbocycles. The minimum absolute atomic E-state index is 0. The summed E-state index contributed by atoms with van der Waals surface area (Å²) in [5.74, 6) is 3.73. The molecule has 3 aliphatic carbocycles. The van der Waals surface area contributed by atoms with Gasteiger partial charge in [-0.1, -0.05) is 12.1 Å². The number of hydrogen-bond acceptors (Lipinski definition) is 2. The minimum Gasteiger partial charge on any atom is -0.326 e. The van der Waals surface area contributed by atoms with E-state index >= 15 is 0 Å². The lowest BCUT2D eigenvalue weighted by Gasteiger charge is -2.10. The van der Waals surface area contributed by atoms with Gasteiger partial charge in [-0.15, -0.1) is 12.4 Å². The molecule has 1 amide bonds. The van der Waals surface area contributed by atoms with Crippen molar-refractivity contribution in [2.45, 2.75) is 25.8 Å². The zero-order chi connectivity index (χ0) is 13.7. The molecule has 3 saturated carbocycles. The van der Waals surface area contributed by atoms with E-state index in [4.69, 9.17) is 0 Å². The standard InChI is InChI=1S/C17H22N2O.ClH/c1-18-9-10-3-2-4-13(7-10)19-17(20)16-14-11-5-6-12(8-11)15(14)16;/h2-4,7,11-12,14-16,18H,5-6,8-9H2,1H3,(H,19,20);1H. The van der Waals surface area contributed by atoms with Crippen molar-refractivity contribution in [3.05, 3.63) is 29.8 Å². The first-order chi connectivity index (χ1) is 9.78. The zero-order valence-corrected chi connectivity index (χ0v) is 13.2. The first kappa shape index (κ1) is 14.9. The Balaban J connectivity index is 0.00000132. The topological polar surface area (TPSA) is 41.1 Å². The van der Waals surface area contributed by atoms with Gasteiger partial charge in [-0.25, -0.2) is 0 Å². The van der Waals surface area contributed by atoms with Gasteiger partial charge in [-0.3, -0.25) is 4.79 Å². The van der Waals surface area contributed by atoms with Gasteiger partial charge < -0.3 is 10.6 Å². The van der Waals surface area contributed by atoms with Gasteiger partial charge >= 0.3 is 0 Å². The van der Waals surface area contributed by atoms with E-state index in [0.29, 0.717) is 17.8 Å². The normalized spacial score (nSPS) is 35.0. The van der Waals surface area contributed by atoms with E-state index in [9.17, 15) is 4.79 Å². The van der Waals surface area contributed by atoms with Gasteiger partial charge in [0.15, 0.2) is 0 Å². The Kier molecular flexibility index (Phi) is 3.98. The third kappa shape index (κ3) is 2.47. The summed E-state index contributed by atoms with van der Waals surface area (Å²) < 4.78 is 0. The summed E-state index contributed by atoms with van der Waals surface area (Å²) in [6.07, 6.45) is 4.14. The molecule has 0 radical (unpaired) electrons. The molecule has 3 aliphatic rings. The average molecular weight is 307 g/mol. The largest absolute Gasteiger partial charge is 0.326 e. The van der Waals surface area contributed by atoms with Crippen molar-refractivity contribution in [1.29, 1.82) is 0 Å². The predicted octanol–water partition coefficient (Wildman–Crippen LogP) is 3.06. The maximum atomic E-state index is 12.4. The molecule has 4 unspecified atom stereocenters. The van der Waals surface area contributed by atoms with E-state index in [1.54, 1.807) is 0 Å². The number of anilines is 1. The van der Waals surface area contributed by atoms with Crippen LogP contribution in [0, 0.1) is 29.6 Å². The summed E-state index contributed by atoms with van der Waals surface area (Å²) in [7, 11) is 1.94. The highest BCUT2D eigenvalue weighted by molar-refractivity contribution is 5.95. The molecule has 0 aliphatic heterocycles. The Morgan fingerprint density at radius 2 is 1.95 bits per heavy atom. The molecule has 1 aromatic rings. The van der Waals surface area contributed by atoms with Gasteiger partial charge in [0.1, 0.15) is 0 Å². The molecule has 3 nitrogen and oxygen atoms in total. The fourth-order valence-corrected chi connectivity index (χ4v) is 4.86. The summed E-state index contributed by atoms with van der Waals surface area (Å²) in [6.45, 7) is 0.836. The number of nitrogens with one attached hydrogen (secondary N) is 2. The van der Waals surface area contributed by atoms with Crippen LogP contribution in [0.4, 0.5) is 5.69 Å². The highest BCUT2D eigenvalue weighted by atomic mass is 35.5. The molecule has 2 N–H and O–H groups in total. The summed E-state index contributed by atoms with van der Waals surface area (Å²) in [6, 6.07) is 8.16. The van der Waals surface area contributed by atoms with E-state index in [2.05, 4.69) is 22.8 Å². The molecule has 3 fully saturated rings. The molecule has 2 bridgehead atoms. The number of amides is 1. The molecule has 4 atom stereocenters. The van der Waals surface area contributed by atoms with Crippen molar-refractivity contribution in [2.24, 2.45) is 29.6 Å². The lowest BCUT2D eigenvalue weighted by Crippen LogP contribution is -2.18. The van der Waals surface area contributed by atoms with Crippen molar-refractivity contribution in [2.75, 3.05) is 12.4 Å². The Morgan fingerprint density at radius 3 is 2.62 bits per heavy atom. The fourth-order valence-electron chi connectivity index (χ4n) is 4.86. The molecule has 0 aromatic heterocycles. The van der Waals surface area contributed by atoms with Crippen LogP contribution in [0.25, 0.3) is 0 Å². The number of hydrogen-bond donors (Lipinski definition) is 2. The van der Waals surface area contributed by atoms with Crippen LogP contribution in [-0.4, -0.2) is 13.0 Å². The Morgan fingerprint density at radius 1 is 1.24 bits per heavy atom. The van der Waals surface area contributed by atoms with E-state index in [1.165, 1.54) is 24.8 Å². The second-order valence-corrected chi connectivity index (χ2v) is 6.73. The van der Waals surface area contributed by atoms with Crippen molar-refractivity contribution in [1.82, 2.24) is 5.32 Å². The van der Waals surface area contributed by atoms with Gasteiger partial charge in [0.2, 0.25) is 5.91 Å². The Labute approximate surface area is 132 Å². The maximum Gasteiger partial charge on any atom is 0.228 e. The van der Waals surface area contributed by atoms with Crippen LogP contribution in [0.1, 0.15) is 24.8 Å². The maximum absolute atomic E-state index is 12.4. The molecular weight excluding hydrogens is 284 g/mol. The number of carbonyl (C=O) groups excluding carboxylic acids is 1. The van der Waals surface area contributed by atoms with Crippen LogP contribution < -0.4 is 10.6 Å². The van der Waals surface area contributed by atoms with Crippen molar-refractivity contribution in [3.8, 4) is 0 Å². The van der Waals surface area contributed by atoms with E-state index in [0.717, 1.165) is 24.1 Å². The van der Waals surface area contributed by atoms with E-state index in [-0.39, 0.29) is 18.3 Å². The van der Waals surface area contributed by atoms with Crippen LogP contribution in [0.2, 0.25) is 0 Å². The van der Waals surface area contributed by atoms with Crippen LogP contribution in [-0.2, 0) is 11.3 Å². The lowest BCUT2D eigenvalue weighted by molar-refractivity contribution is -0.118. The SMILES string of the molecule is CNCc1cccc(NC(=O)C2C3C4CCC(C4)C23)c1.Cl. The van der Waals surface area contributed by atoms with Crippen LogP contribution >= 0.6 is 12.4 Å². The van der Waals surface area contributed by atoms with Crippen LogP contribution in [0.5, 0.6) is 0 Å². The molecule has 4 heteroatoms. The summed E-state index contributed by atoms with van der Waals surface area (Å²) in [5.41, 5.74) is 2.15. The Bertz CT molecular complexity index is 531.